The molecule has 148 valence electrons. The number of likely N-dealkylation sites (tertiary alicyclic amines) is 2. The van der Waals surface area contributed by atoms with Crippen LogP contribution in [-0.4, -0.2) is 58.7 Å². The van der Waals surface area contributed by atoms with Crippen LogP contribution in [0.2, 0.25) is 0 Å². The molecule has 2 saturated heterocycles. The summed E-state index contributed by atoms with van der Waals surface area (Å²) < 4.78 is 5.85. The van der Waals surface area contributed by atoms with Gasteiger partial charge in [0.05, 0.1) is 5.92 Å². The quantitative estimate of drug-likeness (QED) is 0.783. The summed E-state index contributed by atoms with van der Waals surface area (Å²) in [5.74, 6) is -0.136. The third-order valence-electron chi connectivity index (χ3n) is 5.22. The molecular weight excluding hydrogens is 414 g/mol. The lowest BCUT2D eigenvalue weighted by Crippen LogP contribution is -2.48. The van der Waals surface area contributed by atoms with Gasteiger partial charge in [0, 0.05) is 37.6 Å². The lowest BCUT2D eigenvalue weighted by Gasteiger charge is -2.33. The first kappa shape index (κ1) is 19.9. The summed E-state index contributed by atoms with van der Waals surface area (Å²) in [6, 6.07) is 3.38. The molecule has 2 aliphatic rings. The zero-order valence-corrected chi connectivity index (χ0v) is 17.5. The Hall–Kier alpha value is -1.83. The smallest absolute Gasteiger partial charge is 0.289 e. The van der Waals surface area contributed by atoms with Crippen molar-refractivity contribution in [3.8, 4) is 0 Å². The van der Waals surface area contributed by atoms with Crippen LogP contribution in [0.25, 0.3) is 0 Å². The lowest BCUT2D eigenvalue weighted by atomic mass is 10.0. The maximum Gasteiger partial charge on any atom is 0.289 e. The van der Waals surface area contributed by atoms with Crippen LogP contribution in [0.1, 0.15) is 50.6 Å². The molecule has 0 aromatic carbocycles. The van der Waals surface area contributed by atoms with E-state index < -0.39 is 0 Å². The monoisotopic (exact) mass is 439 g/mol. The molecule has 8 heteroatoms. The molecule has 1 unspecified atom stereocenters. The molecule has 2 fully saturated rings. The van der Waals surface area contributed by atoms with E-state index in [4.69, 9.17) is 4.42 Å². The highest BCUT2D eigenvalue weighted by molar-refractivity contribution is 9.10. The number of carbonyl (C=O) groups excluding carboxylic acids is 3. The maximum absolute atomic E-state index is 12.6. The highest BCUT2D eigenvalue weighted by Gasteiger charge is 2.40. The molecule has 3 rings (SSSR count). The first-order valence-corrected chi connectivity index (χ1v) is 10.1. The molecule has 0 bridgehead atoms. The first-order valence-electron chi connectivity index (χ1n) is 9.30. The van der Waals surface area contributed by atoms with E-state index in [1.807, 2.05) is 20.8 Å². The van der Waals surface area contributed by atoms with E-state index in [1.165, 1.54) is 0 Å². The molecule has 0 radical (unpaired) electrons. The second-order valence-electron chi connectivity index (χ2n) is 8.26. The van der Waals surface area contributed by atoms with Gasteiger partial charge in [0.1, 0.15) is 0 Å². The highest BCUT2D eigenvalue weighted by Crippen LogP contribution is 2.26. The highest BCUT2D eigenvalue weighted by atomic mass is 79.9. The van der Waals surface area contributed by atoms with Crippen LogP contribution in [0.5, 0.6) is 0 Å². The summed E-state index contributed by atoms with van der Waals surface area (Å²) in [5, 5.41) is 3.07. The largest absolute Gasteiger partial charge is 0.444 e. The van der Waals surface area contributed by atoms with Crippen molar-refractivity contribution in [2.45, 2.75) is 51.6 Å². The van der Waals surface area contributed by atoms with Crippen molar-refractivity contribution in [2.24, 2.45) is 5.92 Å². The van der Waals surface area contributed by atoms with Gasteiger partial charge in [0.2, 0.25) is 11.8 Å². The zero-order valence-electron chi connectivity index (χ0n) is 16.0. The summed E-state index contributed by atoms with van der Waals surface area (Å²) in [5.41, 5.74) is -0.265. The number of nitrogens with zero attached hydrogens (tertiary/aromatic N) is 2. The Morgan fingerprint density at radius 3 is 2.41 bits per heavy atom. The van der Waals surface area contributed by atoms with Crippen LogP contribution >= 0.6 is 15.9 Å². The van der Waals surface area contributed by atoms with Crippen molar-refractivity contribution in [3.05, 3.63) is 22.6 Å². The molecule has 2 aliphatic heterocycles. The number of hydrogen-bond donors (Lipinski definition) is 1. The van der Waals surface area contributed by atoms with Gasteiger partial charge < -0.3 is 19.5 Å². The van der Waals surface area contributed by atoms with Gasteiger partial charge in [-0.3, -0.25) is 14.4 Å². The molecule has 3 heterocycles. The lowest BCUT2D eigenvalue weighted by molar-refractivity contribution is -0.132. The Morgan fingerprint density at radius 2 is 1.89 bits per heavy atom. The Kier molecular flexibility index (Phi) is 5.65. The van der Waals surface area contributed by atoms with E-state index in [2.05, 4.69) is 21.2 Å². The fraction of sp³-hybridized carbons (Fsp3) is 0.632. The summed E-state index contributed by atoms with van der Waals surface area (Å²) in [7, 11) is 0. The SMILES string of the molecule is CC(C)(C)N1CC(C(=O)NC2CCN(C(=O)c3ccc(Br)o3)CC2)CC1=O. The van der Waals surface area contributed by atoms with Crippen molar-refractivity contribution >= 4 is 33.7 Å². The average Bonchev–Trinajstić information content (AvgIpc) is 3.20. The van der Waals surface area contributed by atoms with Gasteiger partial charge in [-0.2, -0.15) is 0 Å². The third-order valence-corrected chi connectivity index (χ3v) is 5.64. The number of amides is 3. The van der Waals surface area contributed by atoms with E-state index in [1.54, 1.807) is 21.9 Å². The van der Waals surface area contributed by atoms with Crippen molar-refractivity contribution in [3.63, 3.8) is 0 Å². The molecule has 27 heavy (non-hydrogen) atoms. The van der Waals surface area contributed by atoms with Crippen LogP contribution in [-0.2, 0) is 9.59 Å². The van der Waals surface area contributed by atoms with E-state index >= 15 is 0 Å². The molecule has 0 spiro atoms. The third kappa shape index (κ3) is 4.54. The van der Waals surface area contributed by atoms with Gasteiger partial charge in [0.25, 0.3) is 5.91 Å². The number of hydrogen-bond acceptors (Lipinski definition) is 4. The summed E-state index contributed by atoms with van der Waals surface area (Å²) in [6.45, 7) is 7.55. The standard InChI is InChI=1S/C19H26BrN3O4/c1-19(2,3)23-11-12(10-16(23)24)17(25)21-13-6-8-22(9-7-13)18(26)14-4-5-15(20)27-14/h4-5,12-13H,6-11H2,1-3H3,(H,21,25). The minimum atomic E-state index is -0.295. The van der Waals surface area contributed by atoms with Gasteiger partial charge in [-0.25, -0.2) is 0 Å². The van der Waals surface area contributed by atoms with Crippen molar-refractivity contribution in [1.29, 1.82) is 0 Å². The van der Waals surface area contributed by atoms with Crippen LogP contribution < -0.4 is 5.32 Å². The zero-order chi connectivity index (χ0) is 19.8. The van der Waals surface area contributed by atoms with Crippen molar-refractivity contribution < 1.29 is 18.8 Å². The second-order valence-corrected chi connectivity index (χ2v) is 9.04. The maximum atomic E-state index is 12.6. The van der Waals surface area contributed by atoms with E-state index in [0.717, 1.165) is 0 Å². The van der Waals surface area contributed by atoms with E-state index in [9.17, 15) is 14.4 Å². The molecule has 1 aromatic rings. The average molecular weight is 440 g/mol. The molecule has 0 aliphatic carbocycles. The second kappa shape index (κ2) is 7.66. The molecule has 1 N–H and O–H groups in total. The van der Waals surface area contributed by atoms with Gasteiger partial charge in [-0.15, -0.1) is 0 Å². The Morgan fingerprint density at radius 1 is 1.22 bits per heavy atom. The van der Waals surface area contributed by atoms with Crippen molar-refractivity contribution in [1.82, 2.24) is 15.1 Å². The normalized spacial score (nSPS) is 21.6. The number of carbonyl (C=O) groups is 3. The van der Waals surface area contributed by atoms with Crippen LogP contribution in [0.3, 0.4) is 0 Å². The molecular formula is C19H26BrN3O4. The number of rotatable bonds is 3. The van der Waals surface area contributed by atoms with Gasteiger partial charge in [-0.1, -0.05) is 0 Å². The minimum absolute atomic E-state index is 0.0312. The fourth-order valence-electron chi connectivity index (χ4n) is 3.66. The van der Waals surface area contributed by atoms with E-state index in [-0.39, 0.29) is 41.6 Å². The Balaban J connectivity index is 1.49. The van der Waals surface area contributed by atoms with Gasteiger partial charge in [-0.05, 0) is 61.7 Å². The van der Waals surface area contributed by atoms with Crippen molar-refractivity contribution in [2.75, 3.05) is 19.6 Å². The number of furan rings is 1. The van der Waals surface area contributed by atoms with Crippen LogP contribution in [0.15, 0.2) is 21.2 Å². The van der Waals surface area contributed by atoms with Gasteiger partial charge in [0.15, 0.2) is 10.4 Å². The predicted molar refractivity (Wildman–Crippen MR) is 103 cm³/mol. The minimum Gasteiger partial charge on any atom is -0.444 e. The van der Waals surface area contributed by atoms with Crippen LogP contribution in [0, 0.1) is 5.92 Å². The summed E-state index contributed by atoms with van der Waals surface area (Å²) in [4.78, 5) is 40.7. The molecule has 3 amide bonds. The van der Waals surface area contributed by atoms with E-state index in [0.29, 0.717) is 42.9 Å². The Labute approximate surface area is 167 Å². The Bertz CT molecular complexity index is 732. The first-order chi connectivity index (χ1) is 12.6. The number of nitrogens with one attached hydrogen (secondary N) is 1. The number of piperidine rings is 1. The topological polar surface area (TPSA) is 82.9 Å². The summed E-state index contributed by atoms with van der Waals surface area (Å²) in [6.07, 6.45) is 1.67. The van der Waals surface area contributed by atoms with Gasteiger partial charge >= 0.3 is 0 Å². The fourth-order valence-corrected chi connectivity index (χ4v) is 3.97. The molecule has 7 nitrogen and oxygen atoms in total. The molecule has 1 aromatic heterocycles. The van der Waals surface area contributed by atoms with Crippen LogP contribution in [0.4, 0.5) is 0 Å². The molecule has 0 saturated carbocycles. The predicted octanol–water partition coefficient (Wildman–Crippen LogP) is 2.41. The molecule has 1 atom stereocenters. The summed E-state index contributed by atoms with van der Waals surface area (Å²) >= 11 is 3.20. The number of halogens is 1.